The van der Waals surface area contributed by atoms with Gasteiger partial charge in [0.15, 0.2) is 11.6 Å². The number of benzene rings is 2. The molecule has 3 heterocycles. The number of hydrogen-bond donors (Lipinski definition) is 1. The molecule has 3 aromatic heterocycles. The number of hydrogen-bond acceptors (Lipinski definition) is 8. The van der Waals surface area contributed by atoms with E-state index in [1.807, 2.05) is 31.2 Å². The van der Waals surface area contributed by atoms with Crippen molar-refractivity contribution in [2.75, 3.05) is 26.1 Å². The third kappa shape index (κ3) is 5.69. The number of aromatic nitrogens is 5. The highest BCUT2D eigenvalue weighted by Gasteiger charge is 2.20. The zero-order chi connectivity index (χ0) is 28.1. The molecule has 0 aliphatic carbocycles. The summed E-state index contributed by atoms with van der Waals surface area (Å²) >= 11 is 0. The van der Waals surface area contributed by atoms with Crippen molar-refractivity contribution in [3.63, 3.8) is 0 Å². The van der Waals surface area contributed by atoms with Crippen molar-refractivity contribution < 1.29 is 23.0 Å². The van der Waals surface area contributed by atoms with Crippen LogP contribution >= 0.6 is 0 Å². The third-order valence-corrected chi connectivity index (χ3v) is 6.10. The van der Waals surface area contributed by atoms with Crippen LogP contribution in [-0.2, 0) is 17.9 Å². The number of anilines is 2. The summed E-state index contributed by atoms with van der Waals surface area (Å²) < 4.78 is 47.7. The van der Waals surface area contributed by atoms with Gasteiger partial charge in [0.05, 0.1) is 50.0 Å². The molecular formula is C29H28F2N6O3. The lowest BCUT2D eigenvalue weighted by Gasteiger charge is -2.12. The maximum atomic E-state index is 15.0. The van der Waals surface area contributed by atoms with Crippen molar-refractivity contribution in [3.8, 4) is 23.0 Å². The number of halogens is 2. The molecule has 0 unspecified atom stereocenters. The minimum absolute atomic E-state index is 0.121. The molecule has 0 aliphatic rings. The van der Waals surface area contributed by atoms with E-state index in [9.17, 15) is 8.78 Å². The Morgan fingerprint density at radius 1 is 1.00 bits per heavy atom. The molecule has 1 N–H and O–H groups in total. The van der Waals surface area contributed by atoms with Crippen LogP contribution in [0.25, 0.3) is 22.4 Å². The van der Waals surface area contributed by atoms with Gasteiger partial charge in [-0.15, -0.1) is 0 Å². The molecule has 0 amide bonds. The summed E-state index contributed by atoms with van der Waals surface area (Å²) in [6, 6.07) is 13.3. The van der Waals surface area contributed by atoms with E-state index >= 15 is 0 Å². The zero-order valence-corrected chi connectivity index (χ0v) is 22.3. The Hall–Kier alpha value is -4.64. The predicted molar refractivity (Wildman–Crippen MR) is 147 cm³/mol. The summed E-state index contributed by atoms with van der Waals surface area (Å²) in [4.78, 5) is 13.5. The van der Waals surface area contributed by atoms with Crippen molar-refractivity contribution in [1.82, 2.24) is 24.7 Å². The van der Waals surface area contributed by atoms with E-state index in [1.165, 1.54) is 12.1 Å². The molecule has 2 aromatic carbocycles. The fourth-order valence-corrected chi connectivity index (χ4v) is 4.27. The fraction of sp³-hybridized carbons (Fsp3) is 0.241. The number of nitrogens with one attached hydrogen (secondary N) is 1. The number of fused-ring (bicyclic) bond motifs is 1. The molecule has 0 saturated carbocycles. The van der Waals surface area contributed by atoms with Crippen LogP contribution in [0.5, 0.6) is 11.5 Å². The van der Waals surface area contributed by atoms with Gasteiger partial charge in [0.1, 0.15) is 28.9 Å². The maximum Gasteiger partial charge on any atom is 0.183 e. The van der Waals surface area contributed by atoms with E-state index in [4.69, 9.17) is 24.3 Å². The lowest BCUT2D eigenvalue weighted by molar-refractivity contribution is 0.181. The van der Waals surface area contributed by atoms with E-state index in [2.05, 4.69) is 15.3 Å². The maximum absolute atomic E-state index is 15.0. The molecule has 9 nitrogen and oxygen atoms in total. The van der Waals surface area contributed by atoms with Crippen molar-refractivity contribution in [2.24, 2.45) is 0 Å². The van der Waals surface area contributed by atoms with Crippen molar-refractivity contribution in [3.05, 3.63) is 83.8 Å². The van der Waals surface area contributed by atoms with Gasteiger partial charge in [0.2, 0.25) is 0 Å². The van der Waals surface area contributed by atoms with Gasteiger partial charge >= 0.3 is 0 Å². The Labute approximate surface area is 229 Å². The first-order chi connectivity index (χ1) is 19.5. The lowest BCUT2D eigenvalue weighted by Crippen LogP contribution is -2.08. The molecule has 5 rings (SSSR count). The fourth-order valence-electron chi connectivity index (χ4n) is 4.27. The Bertz CT molecular complexity index is 1620. The van der Waals surface area contributed by atoms with Crippen LogP contribution in [0.15, 0.2) is 60.9 Å². The van der Waals surface area contributed by atoms with Crippen LogP contribution < -0.4 is 14.8 Å². The van der Waals surface area contributed by atoms with Crippen LogP contribution in [0.4, 0.5) is 20.3 Å². The Morgan fingerprint density at radius 3 is 2.55 bits per heavy atom. The smallest absolute Gasteiger partial charge is 0.183 e. The molecule has 0 fully saturated rings. The van der Waals surface area contributed by atoms with E-state index in [-0.39, 0.29) is 24.5 Å². The largest absolute Gasteiger partial charge is 0.493 e. The van der Waals surface area contributed by atoms with Gasteiger partial charge in [0, 0.05) is 42.5 Å². The van der Waals surface area contributed by atoms with Crippen molar-refractivity contribution in [1.29, 1.82) is 0 Å². The molecule has 5 aromatic rings. The van der Waals surface area contributed by atoms with Crippen LogP contribution in [0, 0.1) is 11.6 Å². The standard InChI is InChI=1S/C29H28F2N6O3/c1-4-11-40-19-13-22(30)21(23(31)14-19)16-37-25-8-6-5-7-20(25)28(36-37)29-33-18(17-38-2)12-27(35-29)34-24-9-10-32-15-26(24)39-3/h5-10,12-15H,4,11,16-17H2,1-3H3,(H,32,33,34,35). The molecule has 0 bridgehead atoms. The van der Waals surface area contributed by atoms with Gasteiger partial charge in [-0.05, 0) is 18.6 Å². The minimum atomic E-state index is -0.705. The zero-order valence-electron chi connectivity index (χ0n) is 22.3. The monoisotopic (exact) mass is 546 g/mol. The highest BCUT2D eigenvalue weighted by atomic mass is 19.1. The van der Waals surface area contributed by atoms with Gasteiger partial charge in [-0.1, -0.05) is 25.1 Å². The normalized spacial score (nSPS) is 11.1. The van der Waals surface area contributed by atoms with Gasteiger partial charge in [-0.2, -0.15) is 5.10 Å². The number of nitrogens with zero attached hydrogens (tertiary/aromatic N) is 5. The van der Waals surface area contributed by atoms with Crippen molar-refractivity contribution >= 4 is 22.4 Å². The third-order valence-electron chi connectivity index (χ3n) is 6.10. The van der Waals surface area contributed by atoms with Gasteiger partial charge in [-0.3, -0.25) is 9.67 Å². The van der Waals surface area contributed by atoms with E-state index < -0.39 is 11.6 Å². The summed E-state index contributed by atoms with van der Waals surface area (Å²) in [6.45, 7) is 2.39. The van der Waals surface area contributed by atoms with Gasteiger partial charge in [0.25, 0.3) is 0 Å². The second kappa shape index (κ2) is 12.0. The van der Waals surface area contributed by atoms with E-state index in [0.29, 0.717) is 46.6 Å². The van der Waals surface area contributed by atoms with E-state index in [1.54, 1.807) is 43.4 Å². The first kappa shape index (κ1) is 26.9. The number of methoxy groups -OCH3 is 2. The molecule has 0 saturated heterocycles. The first-order valence-corrected chi connectivity index (χ1v) is 12.7. The molecule has 0 spiro atoms. The topological polar surface area (TPSA) is 96.2 Å². The quantitative estimate of drug-likeness (QED) is 0.219. The SMILES string of the molecule is CCCOc1cc(F)c(Cn2nc(-c3nc(COC)cc(Nc4ccncc4OC)n3)c3ccccc32)c(F)c1. The highest BCUT2D eigenvalue weighted by molar-refractivity contribution is 5.92. The minimum Gasteiger partial charge on any atom is -0.493 e. The molecule has 0 aliphatic heterocycles. The van der Waals surface area contributed by atoms with Crippen LogP contribution in [-0.4, -0.2) is 45.6 Å². The summed E-state index contributed by atoms with van der Waals surface area (Å²) in [5.74, 6) is 0.0950. The molecule has 0 atom stereocenters. The number of para-hydroxylation sites is 1. The van der Waals surface area contributed by atoms with E-state index in [0.717, 1.165) is 11.8 Å². The Morgan fingerprint density at radius 2 is 1.80 bits per heavy atom. The summed E-state index contributed by atoms with van der Waals surface area (Å²) in [5.41, 5.74) is 2.29. The lowest BCUT2D eigenvalue weighted by atomic mass is 10.1. The molecule has 40 heavy (non-hydrogen) atoms. The average molecular weight is 547 g/mol. The summed E-state index contributed by atoms with van der Waals surface area (Å²) in [7, 11) is 3.13. The number of pyridine rings is 1. The molecule has 0 radical (unpaired) electrons. The summed E-state index contributed by atoms with van der Waals surface area (Å²) in [6.07, 6.45) is 3.96. The predicted octanol–water partition coefficient (Wildman–Crippen LogP) is 5.90. The molecular weight excluding hydrogens is 518 g/mol. The average Bonchev–Trinajstić information content (AvgIpc) is 3.33. The highest BCUT2D eigenvalue weighted by Crippen LogP contribution is 2.31. The van der Waals surface area contributed by atoms with Gasteiger partial charge < -0.3 is 19.5 Å². The van der Waals surface area contributed by atoms with Crippen LogP contribution in [0.2, 0.25) is 0 Å². The second-order valence-corrected chi connectivity index (χ2v) is 8.94. The Balaban J connectivity index is 1.56. The number of rotatable bonds is 11. The van der Waals surface area contributed by atoms with Crippen LogP contribution in [0.3, 0.4) is 0 Å². The molecule has 11 heteroatoms. The van der Waals surface area contributed by atoms with Crippen molar-refractivity contribution in [2.45, 2.75) is 26.5 Å². The Kier molecular flexibility index (Phi) is 8.11. The first-order valence-electron chi connectivity index (χ1n) is 12.7. The van der Waals surface area contributed by atoms with Crippen LogP contribution in [0.1, 0.15) is 24.6 Å². The van der Waals surface area contributed by atoms with Gasteiger partial charge in [-0.25, -0.2) is 18.7 Å². The molecule has 206 valence electrons. The second-order valence-electron chi connectivity index (χ2n) is 8.94. The number of ether oxygens (including phenoxy) is 3. The summed E-state index contributed by atoms with van der Waals surface area (Å²) in [5, 5.41) is 8.69.